The van der Waals surface area contributed by atoms with E-state index in [0.29, 0.717) is 35.1 Å². The number of benzene rings is 3. The second-order valence-corrected chi connectivity index (χ2v) is 7.28. The number of ether oxygens (including phenoxy) is 2. The van der Waals surface area contributed by atoms with Gasteiger partial charge in [0.2, 0.25) is 5.91 Å². The first-order valence-corrected chi connectivity index (χ1v) is 9.79. The van der Waals surface area contributed by atoms with Gasteiger partial charge in [0.1, 0.15) is 5.75 Å². The fourth-order valence-electron chi connectivity index (χ4n) is 4.00. The smallest absolute Gasteiger partial charge is 0.226 e. The van der Waals surface area contributed by atoms with Crippen molar-refractivity contribution < 1.29 is 14.3 Å². The van der Waals surface area contributed by atoms with E-state index < -0.39 is 0 Å². The molecule has 1 aromatic heterocycles. The lowest BCUT2D eigenvalue weighted by molar-refractivity contribution is -0.116. The molecule has 7 nitrogen and oxygen atoms in total. The van der Waals surface area contributed by atoms with Crippen LogP contribution in [0.15, 0.2) is 60.8 Å². The number of methoxy groups -OCH3 is 1. The zero-order valence-corrected chi connectivity index (χ0v) is 16.7. The Bertz CT molecular complexity index is 1350. The molecule has 1 unspecified atom stereocenters. The molecule has 1 atom stereocenters. The van der Waals surface area contributed by atoms with E-state index in [1.807, 2.05) is 42.5 Å². The number of nitrogens with zero attached hydrogens (tertiary/aromatic N) is 2. The van der Waals surface area contributed by atoms with Crippen molar-refractivity contribution in [3.05, 3.63) is 77.5 Å². The van der Waals surface area contributed by atoms with E-state index in [-0.39, 0.29) is 11.8 Å². The molecule has 0 saturated carbocycles. The molecule has 31 heavy (non-hydrogen) atoms. The standard InChI is InChI=1S/C24H18N4O3/c1-30-22-10-14(18-11-23(29)27-24-19(18)13-26-28-24)6-9-21(22)31-20-8-7-15(12-25)16-4-2-3-5-17(16)20/h2-10,13,18H,11H2,1H3,(H2,26,27,28,29). The average molecular weight is 410 g/mol. The molecule has 0 radical (unpaired) electrons. The quantitative estimate of drug-likeness (QED) is 0.507. The highest BCUT2D eigenvalue weighted by molar-refractivity contribution is 5.94. The van der Waals surface area contributed by atoms with Crippen LogP contribution < -0.4 is 14.8 Å². The predicted octanol–water partition coefficient (Wildman–Crippen LogP) is 4.71. The first-order chi connectivity index (χ1) is 15.2. The molecule has 2 N–H and O–H groups in total. The number of rotatable bonds is 4. The van der Waals surface area contributed by atoms with Gasteiger partial charge < -0.3 is 14.8 Å². The molecule has 1 aliphatic rings. The van der Waals surface area contributed by atoms with Crippen LogP contribution in [0.2, 0.25) is 0 Å². The number of anilines is 1. The molecule has 2 heterocycles. The van der Waals surface area contributed by atoms with E-state index in [2.05, 4.69) is 21.6 Å². The first-order valence-electron chi connectivity index (χ1n) is 9.79. The van der Waals surface area contributed by atoms with E-state index in [9.17, 15) is 10.1 Å². The van der Waals surface area contributed by atoms with Crippen LogP contribution in [0, 0.1) is 11.3 Å². The summed E-state index contributed by atoms with van der Waals surface area (Å²) in [6, 6.07) is 19.1. The third kappa shape index (κ3) is 3.24. The van der Waals surface area contributed by atoms with Crippen LogP contribution in [0.4, 0.5) is 5.82 Å². The van der Waals surface area contributed by atoms with Crippen molar-refractivity contribution >= 4 is 22.5 Å². The normalized spacial score (nSPS) is 15.1. The van der Waals surface area contributed by atoms with Crippen molar-refractivity contribution in [3.8, 4) is 23.3 Å². The number of H-pyrrole nitrogens is 1. The fraction of sp³-hybridized carbons (Fsp3) is 0.125. The minimum Gasteiger partial charge on any atom is -0.493 e. The van der Waals surface area contributed by atoms with Gasteiger partial charge in [-0.15, -0.1) is 0 Å². The largest absolute Gasteiger partial charge is 0.493 e. The van der Waals surface area contributed by atoms with E-state index in [1.54, 1.807) is 25.4 Å². The Morgan fingerprint density at radius 3 is 2.68 bits per heavy atom. The number of hydrogen-bond donors (Lipinski definition) is 2. The molecule has 0 spiro atoms. The fourth-order valence-corrected chi connectivity index (χ4v) is 4.00. The van der Waals surface area contributed by atoms with Crippen molar-refractivity contribution in [2.24, 2.45) is 0 Å². The second kappa shape index (κ2) is 7.50. The molecule has 3 aromatic carbocycles. The summed E-state index contributed by atoms with van der Waals surface area (Å²) >= 11 is 0. The maximum absolute atomic E-state index is 12.1. The highest BCUT2D eigenvalue weighted by atomic mass is 16.5. The third-order valence-electron chi connectivity index (χ3n) is 5.51. The second-order valence-electron chi connectivity index (χ2n) is 7.28. The molecular formula is C24H18N4O3. The summed E-state index contributed by atoms with van der Waals surface area (Å²) in [7, 11) is 1.58. The van der Waals surface area contributed by atoms with Gasteiger partial charge in [-0.1, -0.05) is 30.3 Å². The Kier molecular flexibility index (Phi) is 4.53. The molecule has 5 rings (SSSR count). The molecule has 152 valence electrons. The van der Waals surface area contributed by atoms with Crippen molar-refractivity contribution in [1.29, 1.82) is 5.26 Å². The van der Waals surface area contributed by atoms with Gasteiger partial charge in [0, 0.05) is 34.9 Å². The number of amides is 1. The molecule has 0 saturated heterocycles. The molecule has 7 heteroatoms. The van der Waals surface area contributed by atoms with Crippen LogP contribution in [0.25, 0.3) is 10.8 Å². The molecule has 0 fully saturated rings. The zero-order chi connectivity index (χ0) is 21.4. The van der Waals surface area contributed by atoms with Crippen LogP contribution in [-0.4, -0.2) is 23.2 Å². The van der Waals surface area contributed by atoms with Crippen LogP contribution in [-0.2, 0) is 4.79 Å². The monoisotopic (exact) mass is 410 g/mol. The summed E-state index contributed by atoms with van der Waals surface area (Å²) in [5.41, 5.74) is 2.47. The van der Waals surface area contributed by atoms with Crippen molar-refractivity contribution in [2.75, 3.05) is 12.4 Å². The summed E-state index contributed by atoms with van der Waals surface area (Å²) in [5, 5.41) is 20.8. The Morgan fingerprint density at radius 2 is 1.87 bits per heavy atom. The zero-order valence-electron chi connectivity index (χ0n) is 16.7. The number of carbonyl (C=O) groups excluding carboxylic acids is 1. The van der Waals surface area contributed by atoms with Gasteiger partial charge in [0.25, 0.3) is 0 Å². The molecule has 1 aliphatic heterocycles. The maximum Gasteiger partial charge on any atom is 0.226 e. The van der Waals surface area contributed by atoms with Crippen molar-refractivity contribution in [3.63, 3.8) is 0 Å². The minimum absolute atomic E-state index is 0.0760. The molecule has 0 aliphatic carbocycles. The maximum atomic E-state index is 12.1. The summed E-state index contributed by atoms with van der Waals surface area (Å²) in [5.74, 6) is 2.10. The number of nitriles is 1. The van der Waals surface area contributed by atoms with Gasteiger partial charge in [-0.2, -0.15) is 10.4 Å². The van der Waals surface area contributed by atoms with Crippen molar-refractivity contribution in [2.45, 2.75) is 12.3 Å². The first kappa shape index (κ1) is 18.7. The minimum atomic E-state index is -0.124. The number of aromatic amines is 1. The van der Waals surface area contributed by atoms with Crippen molar-refractivity contribution in [1.82, 2.24) is 10.2 Å². The summed E-state index contributed by atoms with van der Waals surface area (Å²) in [6.45, 7) is 0. The number of fused-ring (bicyclic) bond motifs is 2. The van der Waals surface area contributed by atoms with Gasteiger partial charge >= 0.3 is 0 Å². The molecule has 0 bridgehead atoms. The number of carbonyl (C=O) groups is 1. The molecule has 4 aromatic rings. The predicted molar refractivity (Wildman–Crippen MR) is 115 cm³/mol. The molecular weight excluding hydrogens is 392 g/mol. The van der Waals surface area contributed by atoms with E-state index in [4.69, 9.17) is 9.47 Å². The van der Waals surface area contributed by atoms with Crippen LogP contribution in [0.1, 0.15) is 29.0 Å². The van der Waals surface area contributed by atoms with E-state index >= 15 is 0 Å². The van der Waals surface area contributed by atoms with Crippen LogP contribution in [0.3, 0.4) is 0 Å². The van der Waals surface area contributed by atoms with E-state index in [0.717, 1.165) is 21.9 Å². The van der Waals surface area contributed by atoms with Gasteiger partial charge in [-0.25, -0.2) is 0 Å². The Labute approximate surface area is 178 Å². The van der Waals surface area contributed by atoms with Gasteiger partial charge in [-0.3, -0.25) is 9.89 Å². The number of nitrogens with one attached hydrogen (secondary N) is 2. The highest BCUT2D eigenvalue weighted by Gasteiger charge is 2.29. The van der Waals surface area contributed by atoms with Gasteiger partial charge in [0.05, 0.1) is 18.7 Å². The lowest BCUT2D eigenvalue weighted by Gasteiger charge is -2.23. The number of hydrogen-bond acceptors (Lipinski definition) is 5. The van der Waals surface area contributed by atoms with E-state index in [1.165, 1.54) is 0 Å². The van der Waals surface area contributed by atoms with Crippen LogP contribution in [0.5, 0.6) is 17.2 Å². The summed E-state index contributed by atoms with van der Waals surface area (Å²) in [4.78, 5) is 12.1. The van der Waals surface area contributed by atoms with Gasteiger partial charge in [-0.05, 0) is 29.8 Å². The average Bonchev–Trinajstić information content (AvgIpc) is 3.27. The number of aromatic nitrogens is 2. The summed E-state index contributed by atoms with van der Waals surface area (Å²) < 4.78 is 11.8. The topological polar surface area (TPSA) is 100 Å². The Hall–Kier alpha value is -4.31. The van der Waals surface area contributed by atoms with Crippen LogP contribution >= 0.6 is 0 Å². The Morgan fingerprint density at radius 1 is 1.06 bits per heavy atom. The summed E-state index contributed by atoms with van der Waals surface area (Å²) in [6.07, 6.45) is 2.13. The highest BCUT2D eigenvalue weighted by Crippen LogP contribution is 2.41. The third-order valence-corrected chi connectivity index (χ3v) is 5.51. The Balaban J connectivity index is 1.53. The molecule has 1 amide bonds. The lowest BCUT2D eigenvalue weighted by Crippen LogP contribution is -2.22. The SMILES string of the molecule is COc1cc(C2CC(=O)Nc3n[nH]cc32)ccc1Oc1ccc(C#N)c2ccccc12. The lowest BCUT2D eigenvalue weighted by atomic mass is 9.87. The van der Waals surface area contributed by atoms with Gasteiger partial charge in [0.15, 0.2) is 17.3 Å².